The van der Waals surface area contributed by atoms with E-state index < -0.39 is 11.8 Å². The van der Waals surface area contributed by atoms with E-state index in [-0.39, 0.29) is 5.92 Å². The zero-order valence-electron chi connectivity index (χ0n) is 15.1. The van der Waals surface area contributed by atoms with E-state index in [2.05, 4.69) is 17.6 Å². The van der Waals surface area contributed by atoms with E-state index in [1.54, 1.807) is 0 Å². The lowest BCUT2D eigenvalue weighted by atomic mass is 10.0. The molecule has 0 bridgehead atoms. The van der Waals surface area contributed by atoms with Gasteiger partial charge in [0, 0.05) is 13.1 Å². The minimum absolute atomic E-state index is 0.186. The number of amides is 2. The fourth-order valence-corrected chi connectivity index (χ4v) is 2.59. The van der Waals surface area contributed by atoms with E-state index in [0.29, 0.717) is 13.1 Å². The molecule has 1 aromatic rings. The number of carbonyl (C=O) groups excluding carboxylic acids is 2. The van der Waals surface area contributed by atoms with Crippen LogP contribution in [0.2, 0.25) is 0 Å². The van der Waals surface area contributed by atoms with Gasteiger partial charge >= 0.3 is 11.8 Å². The van der Waals surface area contributed by atoms with Crippen molar-refractivity contribution in [3.05, 3.63) is 35.9 Å². The lowest BCUT2D eigenvalue weighted by Gasteiger charge is -2.13. The van der Waals surface area contributed by atoms with Crippen molar-refractivity contribution in [2.45, 2.75) is 64.7 Å². The lowest BCUT2D eigenvalue weighted by Crippen LogP contribution is -2.41. The normalized spacial score (nSPS) is 11.8. The first kappa shape index (κ1) is 20.2. The third-order valence-corrected chi connectivity index (χ3v) is 4.21. The summed E-state index contributed by atoms with van der Waals surface area (Å²) in [5.74, 6) is -0.881. The van der Waals surface area contributed by atoms with E-state index >= 15 is 0 Å². The summed E-state index contributed by atoms with van der Waals surface area (Å²) >= 11 is 0. The maximum atomic E-state index is 11.8. The maximum absolute atomic E-state index is 11.8. The molecule has 24 heavy (non-hydrogen) atoms. The molecule has 2 N–H and O–H groups in total. The Morgan fingerprint density at radius 2 is 1.46 bits per heavy atom. The van der Waals surface area contributed by atoms with Gasteiger partial charge in [0.1, 0.15) is 0 Å². The molecule has 0 fully saturated rings. The van der Waals surface area contributed by atoms with Gasteiger partial charge in [-0.2, -0.15) is 0 Å². The van der Waals surface area contributed by atoms with Crippen molar-refractivity contribution >= 4 is 11.8 Å². The quantitative estimate of drug-likeness (QED) is 0.479. The molecule has 4 heteroatoms. The maximum Gasteiger partial charge on any atom is 0.309 e. The molecule has 0 saturated carbocycles. The molecule has 0 aliphatic heterocycles. The van der Waals surface area contributed by atoms with Crippen LogP contribution in [0.1, 0.15) is 70.3 Å². The van der Waals surface area contributed by atoms with Crippen LogP contribution in [0.3, 0.4) is 0 Å². The number of hydrogen-bond acceptors (Lipinski definition) is 2. The Morgan fingerprint density at radius 3 is 2.12 bits per heavy atom. The Morgan fingerprint density at radius 1 is 0.875 bits per heavy atom. The molecule has 4 nitrogen and oxygen atoms in total. The van der Waals surface area contributed by atoms with Crippen LogP contribution in [0, 0.1) is 0 Å². The van der Waals surface area contributed by atoms with E-state index in [1.165, 1.54) is 32.1 Å². The lowest BCUT2D eigenvalue weighted by molar-refractivity contribution is -0.139. The molecule has 1 aromatic carbocycles. The summed E-state index contributed by atoms with van der Waals surface area (Å²) in [6.07, 6.45) is 8.37. The highest BCUT2D eigenvalue weighted by molar-refractivity contribution is 6.35. The predicted octanol–water partition coefficient (Wildman–Crippen LogP) is 3.77. The standard InChI is InChI=1S/C20H32N2O2/c1-3-4-5-6-7-8-12-15-21-19(23)20(24)22-16-17(2)18-13-10-9-11-14-18/h9-11,13-14,17H,3-8,12,15-16H2,1-2H3,(H,21,23)(H,22,24)/t17-/m1/s1. The number of benzene rings is 1. The van der Waals surface area contributed by atoms with Crippen LogP contribution in [-0.4, -0.2) is 24.9 Å². The first-order chi connectivity index (χ1) is 11.6. The van der Waals surface area contributed by atoms with Crippen molar-refractivity contribution in [3.8, 4) is 0 Å². The summed E-state index contributed by atoms with van der Waals surface area (Å²) in [7, 11) is 0. The van der Waals surface area contributed by atoms with Gasteiger partial charge in [-0.1, -0.05) is 82.7 Å². The topological polar surface area (TPSA) is 58.2 Å². The number of rotatable bonds is 11. The average Bonchev–Trinajstić information content (AvgIpc) is 2.62. The second-order valence-corrected chi connectivity index (χ2v) is 6.40. The van der Waals surface area contributed by atoms with Gasteiger partial charge in [-0.3, -0.25) is 9.59 Å². The van der Waals surface area contributed by atoms with Gasteiger partial charge in [-0.15, -0.1) is 0 Å². The van der Waals surface area contributed by atoms with Crippen molar-refractivity contribution in [2.24, 2.45) is 0 Å². The van der Waals surface area contributed by atoms with Crippen LogP contribution in [-0.2, 0) is 9.59 Å². The smallest absolute Gasteiger partial charge is 0.309 e. The molecule has 1 atom stereocenters. The third-order valence-electron chi connectivity index (χ3n) is 4.21. The minimum atomic E-state index is -0.541. The van der Waals surface area contributed by atoms with Gasteiger partial charge in [-0.05, 0) is 17.9 Å². The van der Waals surface area contributed by atoms with Gasteiger partial charge in [-0.25, -0.2) is 0 Å². The Balaban J connectivity index is 2.09. The van der Waals surface area contributed by atoms with Crippen LogP contribution in [0.4, 0.5) is 0 Å². The molecule has 134 valence electrons. The molecule has 1 rings (SSSR count). The van der Waals surface area contributed by atoms with E-state index in [4.69, 9.17) is 0 Å². The summed E-state index contributed by atoms with van der Waals surface area (Å²) in [6, 6.07) is 9.96. The van der Waals surface area contributed by atoms with Gasteiger partial charge in [0.2, 0.25) is 0 Å². The fraction of sp³-hybridized carbons (Fsp3) is 0.600. The molecule has 0 aliphatic carbocycles. The van der Waals surface area contributed by atoms with Crippen LogP contribution >= 0.6 is 0 Å². The predicted molar refractivity (Wildman–Crippen MR) is 98.9 cm³/mol. The highest BCUT2D eigenvalue weighted by Crippen LogP contribution is 2.12. The number of unbranched alkanes of at least 4 members (excludes halogenated alkanes) is 6. The number of hydrogen-bond donors (Lipinski definition) is 2. The van der Waals surface area contributed by atoms with Crippen molar-refractivity contribution < 1.29 is 9.59 Å². The average molecular weight is 332 g/mol. The second-order valence-electron chi connectivity index (χ2n) is 6.40. The van der Waals surface area contributed by atoms with Crippen molar-refractivity contribution in [1.29, 1.82) is 0 Å². The largest absolute Gasteiger partial charge is 0.348 e. The molecule has 0 heterocycles. The molecule has 0 unspecified atom stereocenters. The molecule has 0 radical (unpaired) electrons. The van der Waals surface area contributed by atoms with Gasteiger partial charge < -0.3 is 10.6 Å². The fourth-order valence-electron chi connectivity index (χ4n) is 2.59. The summed E-state index contributed by atoms with van der Waals surface area (Å²) in [5.41, 5.74) is 1.15. The minimum Gasteiger partial charge on any atom is -0.348 e. The first-order valence-electron chi connectivity index (χ1n) is 9.26. The third kappa shape index (κ3) is 8.70. The van der Waals surface area contributed by atoms with E-state index in [9.17, 15) is 9.59 Å². The Bertz CT molecular complexity index is 474. The van der Waals surface area contributed by atoms with Crippen molar-refractivity contribution in [3.63, 3.8) is 0 Å². The van der Waals surface area contributed by atoms with E-state index in [0.717, 1.165) is 18.4 Å². The second kappa shape index (κ2) is 12.6. The monoisotopic (exact) mass is 332 g/mol. The van der Waals surface area contributed by atoms with Crippen molar-refractivity contribution in [2.75, 3.05) is 13.1 Å². The molecule has 0 spiro atoms. The van der Waals surface area contributed by atoms with Gasteiger partial charge in [0.05, 0.1) is 0 Å². The molecular formula is C20H32N2O2. The Kier molecular flexibility index (Phi) is 10.6. The zero-order chi connectivity index (χ0) is 17.6. The Labute approximate surface area is 146 Å². The first-order valence-corrected chi connectivity index (χ1v) is 9.26. The molecule has 0 aliphatic rings. The van der Waals surface area contributed by atoms with Crippen molar-refractivity contribution in [1.82, 2.24) is 10.6 Å². The van der Waals surface area contributed by atoms with E-state index in [1.807, 2.05) is 37.3 Å². The van der Waals surface area contributed by atoms with Gasteiger partial charge in [0.15, 0.2) is 0 Å². The number of nitrogens with one attached hydrogen (secondary N) is 2. The highest BCUT2D eigenvalue weighted by Gasteiger charge is 2.14. The SMILES string of the molecule is CCCCCCCCCNC(=O)C(=O)NC[C@@H](C)c1ccccc1. The van der Waals surface area contributed by atoms with Gasteiger partial charge in [0.25, 0.3) is 0 Å². The number of carbonyl (C=O) groups is 2. The molecular weight excluding hydrogens is 300 g/mol. The molecule has 2 amide bonds. The zero-order valence-corrected chi connectivity index (χ0v) is 15.1. The summed E-state index contributed by atoms with van der Waals surface area (Å²) in [6.45, 7) is 5.29. The highest BCUT2D eigenvalue weighted by atomic mass is 16.2. The van der Waals surface area contributed by atoms with Crippen LogP contribution in [0.25, 0.3) is 0 Å². The molecule has 0 aromatic heterocycles. The van der Waals surface area contributed by atoms with Crippen LogP contribution in [0.5, 0.6) is 0 Å². The summed E-state index contributed by atoms with van der Waals surface area (Å²) in [5, 5.41) is 5.40. The summed E-state index contributed by atoms with van der Waals surface area (Å²) < 4.78 is 0. The Hall–Kier alpha value is -1.84. The van der Waals surface area contributed by atoms with Crippen LogP contribution in [0.15, 0.2) is 30.3 Å². The molecule has 0 saturated heterocycles. The van der Waals surface area contributed by atoms with Crippen LogP contribution < -0.4 is 10.6 Å². The summed E-state index contributed by atoms with van der Waals surface area (Å²) in [4.78, 5) is 23.5.